The standard InChI is InChI=1S/C21H24N4O4S/c1-24(2)16-8-6-15(7-9-16)13-25(3)19(26)14-28-20(27)11-10-18-22-21(23-29-18)17-5-4-12-30-17/h4-9,12H,10-11,13-14H2,1-3H3. The van der Waals surface area contributed by atoms with Gasteiger partial charge < -0.3 is 19.1 Å². The first-order valence-electron chi connectivity index (χ1n) is 9.44. The molecule has 0 fully saturated rings. The normalized spacial score (nSPS) is 10.6. The number of amides is 1. The highest BCUT2D eigenvalue weighted by molar-refractivity contribution is 7.13. The summed E-state index contributed by atoms with van der Waals surface area (Å²) in [6.45, 7) is 0.146. The summed E-state index contributed by atoms with van der Waals surface area (Å²) in [6.07, 6.45) is 0.328. The largest absolute Gasteiger partial charge is 0.456 e. The summed E-state index contributed by atoms with van der Waals surface area (Å²) in [6, 6.07) is 11.7. The Bertz CT molecular complexity index is 967. The quantitative estimate of drug-likeness (QED) is 0.484. The van der Waals surface area contributed by atoms with E-state index < -0.39 is 5.97 Å². The van der Waals surface area contributed by atoms with E-state index in [4.69, 9.17) is 9.26 Å². The number of anilines is 1. The number of ether oxygens (including phenoxy) is 1. The fourth-order valence-corrected chi connectivity index (χ4v) is 3.31. The van der Waals surface area contributed by atoms with Gasteiger partial charge in [0.15, 0.2) is 6.61 Å². The van der Waals surface area contributed by atoms with Crippen molar-refractivity contribution in [2.45, 2.75) is 19.4 Å². The number of hydrogen-bond acceptors (Lipinski definition) is 8. The van der Waals surface area contributed by atoms with E-state index in [0.717, 1.165) is 16.1 Å². The number of aryl methyl sites for hydroxylation is 1. The van der Waals surface area contributed by atoms with Gasteiger partial charge >= 0.3 is 5.97 Å². The van der Waals surface area contributed by atoms with Crippen molar-refractivity contribution in [1.82, 2.24) is 15.0 Å². The van der Waals surface area contributed by atoms with Crippen LogP contribution < -0.4 is 4.90 Å². The fourth-order valence-electron chi connectivity index (χ4n) is 2.66. The molecule has 0 spiro atoms. The molecular formula is C21H24N4O4S. The predicted octanol–water partition coefficient (Wildman–Crippen LogP) is 3.00. The molecule has 1 amide bonds. The molecule has 2 heterocycles. The van der Waals surface area contributed by atoms with Crippen LogP contribution in [-0.4, -0.2) is 54.7 Å². The lowest BCUT2D eigenvalue weighted by Gasteiger charge is -2.18. The van der Waals surface area contributed by atoms with Gasteiger partial charge in [-0.1, -0.05) is 23.4 Å². The average molecular weight is 429 g/mol. The molecular weight excluding hydrogens is 404 g/mol. The van der Waals surface area contributed by atoms with Crippen LogP contribution in [0.3, 0.4) is 0 Å². The monoisotopic (exact) mass is 428 g/mol. The summed E-state index contributed by atoms with van der Waals surface area (Å²) < 4.78 is 10.2. The molecule has 2 aromatic heterocycles. The summed E-state index contributed by atoms with van der Waals surface area (Å²) in [7, 11) is 5.63. The molecule has 30 heavy (non-hydrogen) atoms. The molecule has 9 heteroatoms. The summed E-state index contributed by atoms with van der Waals surface area (Å²) in [4.78, 5) is 32.9. The maximum Gasteiger partial charge on any atom is 0.306 e. The second-order valence-corrected chi connectivity index (χ2v) is 7.91. The molecule has 8 nitrogen and oxygen atoms in total. The zero-order valence-electron chi connectivity index (χ0n) is 17.2. The molecule has 158 valence electrons. The number of rotatable bonds is 9. The van der Waals surface area contributed by atoms with Gasteiger partial charge in [0.05, 0.1) is 11.3 Å². The molecule has 0 N–H and O–H groups in total. The lowest BCUT2D eigenvalue weighted by molar-refractivity contribution is -0.151. The van der Waals surface area contributed by atoms with E-state index in [9.17, 15) is 9.59 Å². The first kappa shape index (κ1) is 21.5. The highest BCUT2D eigenvalue weighted by Gasteiger charge is 2.15. The van der Waals surface area contributed by atoms with Crippen molar-refractivity contribution in [3.05, 3.63) is 53.2 Å². The van der Waals surface area contributed by atoms with Gasteiger partial charge in [-0.3, -0.25) is 9.59 Å². The smallest absolute Gasteiger partial charge is 0.306 e. The number of benzene rings is 1. The molecule has 0 radical (unpaired) electrons. The third kappa shape index (κ3) is 5.90. The van der Waals surface area contributed by atoms with Crippen LogP contribution in [-0.2, 0) is 27.3 Å². The maximum atomic E-state index is 12.2. The predicted molar refractivity (Wildman–Crippen MR) is 114 cm³/mol. The number of esters is 1. The van der Waals surface area contributed by atoms with Crippen LogP contribution in [0.15, 0.2) is 46.3 Å². The summed E-state index contributed by atoms with van der Waals surface area (Å²) in [5.74, 6) is 0.115. The number of carbonyl (C=O) groups is 2. The van der Waals surface area contributed by atoms with E-state index in [1.165, 1.54) is 16.2 Å². The first-order valence-corrected chi connectivity index (χ1v) is 10.3. The van der Waals surface area contributed by atoms with E-state index in [2.05, 4.69) is 10.1 Å². The lowest BCUT2D eigenvalue weighted by atomic mass is 10.2. The minimum atomic E-state index is -0.483. The highest BCUT2D eigenvalue weighted by atomic mass is 32.1. The van der Waals surface area contributed by atoms with Crippen molar-refractivity contribution >= 4 is 28.9 Å². The minimum Gasteiger partial charge on any atom is -0.456 e. The highest BCUT2D eigenvalue weighted by Crippen LogP contribution is 2.21. The van der Waals surface area contributed by atoms with Gasteiger partial charge in [0, 0.05) is 39.8 Å². The summed E-state index contributed by atoms with van der Waals surface area (Å²) in [5, 5.41) is 5.82. The molecule has 3 aromatic rings. The molecule has 0 aliphatic rings. The molecule has 0 unspecified atom stereocenters. The number of likely N-dealkylation sites (N-methyl/N-ethyl adjacent to an activating group) is 1. The van der Waals surface area contributed by atoms with Gasteiger partial charge in [-0.2, -0.15) is 4.98 Å². The maximum absolute atomic E-state index is 12.2. The molecule has 0 aliphatic heterocycles. The number of hydrogen-bond donors (Lipinski definition) is 0. The van der Waals surface area contributed by atoms with Crippen LogP contribution in [0, 0.1) is 0 Å². The Hall–Kier alpha value is -3.20. The van der Waals surface area contributed by atoms with E-state index in [0.29, 0.717) is 18.3 Å². The van der Waals surface area contributed by atoms with Gasteiger partial charge in [0.1, 0.15) is 0 Å². The number of nitrogens with zero attached hydrogens (tertiary/aromatic N) is 4. The Labute approximate surface area is 179 Å². The molecule has 0 saturated heterocycles. The van der Waals surface area contributed by atoms with Crippen molar-refractivity contribution in [2.75, 3.05) is 32.6 Å². The van der Waals surface area contributed by atoms with Gasteiger partial charge in [0.25, 0.3) is 5.91 Å². The van der Waals surface area contributed by atoms with E-state index in [-0.39, 0.29) is 25.4 Å². The molecule has 0 bridgehead atoms. The average Bonchev–Trinajstić information content (AvgIpc) is 3.42. The van der Waals surface area contributed by atoms with Crippen LogP contribution in [0.25, 0.3) is 10.7 Å². The van der Waals surface area contributed by atoms with Crippen molar-refractivity contribution in [3.8, 4) is 10.7 Å². The van der Waals surface area contributed by atoms with Gasteiger partial charge in [-0.25, -0.2) is 0 Å². The van der Waals surface area contributed by atoms with E-state index >= 15 is 0 Å². The van der Waals surface area contributed by atoms with Crippen molar-refractivity contribution in [3.63, 3.8) is 0 Å². The Morgan fingerprint density at radius 1 is 1.13 bits per heavy atom. The van der Waals surface area contributed by atoms with Gasteiger partial charge in [0.2, 0.25) is 11.7 Å². The Kier molecular flexibility index (Phi) is 7.18. The van der Waals surface area contributed by atoms with Crippen LogP contribution in [0.1, 0.15) is 17.9 Å². The van der Waals surface area contributed by atoms with Crippen LogP contribution in [0.2, 0.25) is 0 Å². The third-order valence-electron chi connectivity index (χ3n) is 4.41. The molecule has 0 saturated carbocycles. The van der Waals surface area contributed by atoms with Crippen molar-refractivity contribution < 1.29 is 18.8 Å². The van der Waals surface area contributed by atoms with E-state index in [1.807, 2.05) is 60.8 Å². The number of thiophene rings is 1. The van der Waals surface area contributed by atoms with E-state index in [1.54, 1.807) is 7.05 Å². The molecule has 3 rings (SSSR count). The SMILES string of the molecule is CN(Cc1ccc(N(C)C)cc1)C(=O)COC(=O)CCc1nc(-c2cccs2)no1. The zero-order valence-corrected chi connectivity index (χ0v) is 18.0. The third-order valence-corrected chi connectivity index (χ3v) is 5.27. The van der Waals surface area contributed by atoms with Gasteiger partial charge in [-0.05, 0) is 29.1 Å². The topological polar surface area (TPSA) is 88.8 Å². The van der Waals surface area contributed by atoms with Crippen molar-refractivity contribution in [2.24, 2.45) is 0 Å². The van der Waals surface area contributed by atoms with Gasteiger partial charge in [-0.15, -0.1) is 11.3 Å². The van der Waals surface area contributed by atoms with Crippen LogP contribution >= 0.6 is 11.3 Å². The molecule has 0 atom stereocenters. The lowest BCUT2D eigenvalue weighted by Crippen LogP contribution is -2.30. The number of carbonyl (C=O) groups excluding carboxylic acids is 2. The second kappa shape index (κ2) is 10.0. The first-order chi connectivity index (χ1) is 14.4. The number of aromatic nitrogens is 2. The molecule has 0 aliphatic carbocycles. The zero-order chi connectivity index (χ0) is 21.5. The van der Waals surface area contributed by atoms with Crippen LogP contribution in [0.4, 0.5) is 5.69 Å². The Morgan fingerprint density at radius 2 is 1.90 bits per heavy atom. The summed E-state index contributed by atoms with van der Waals surface area (Å²) in [5.41, 5.74) is 2.09. The fraction of sp³-hybridized carbons (Fsp3) is 0.333. The van der Waals surface area contributed by atoms with Crippen LogP contribution in [0.5, 0.6) is 0 Å². The minimum absolute atomic E-state index is 0.0645. The summed E-state index contributed by atoms with van der Waals surface area (Å²) >= 11 is 1.51. The second-order valence-electron chi connectivity index (χ2n) is 6.96. The van der Waals surface area contributed by atoms with Crippen molar-refractivity contribution in [1.29, 1.82) is 0 Å². The Morgan fingerprint density at radius 3 is 2.57 bits per heavy atom. The molecule has 1 aromatic carbocycles. The Balaban J connectivity index is 1.40.